The first-order valence-electron chi connectivity index (χ1n) is 10.5. The zero-order valence-corrected chi connectivity index (χ0v) is 17.6. The van der Waals surface area contributed by atoms with Gasteiger partial charge in [-0.05, 0) is 49.3 Å². The zero-order chi connectivity index (χ0) is 21.1. The molecule has 1 saturated heterocycles. The maximum Gasteiger partial charge on any atom is 0.407 e. The predicted octanol–water partition coefficient (Wildman–Crippen LogP) is 4.39. The van der Waals surface area contributed by atoms with Gasteiger partial charge in [0.05, 0.1) is 11.4 Å². The first-order valence-corrected chi connectivity index (χ1v) is 10.5. The molecule has 1 aliphatic rings. The van der Waals surface area contributed by atoms with Crippen molar-refractivity contribution in [3.8, 4) is 0 Å². The fourth-order valence-corrected chi connectivity index (χ4v) is 4.34. The number of piperidine rings is 1. The Morgan fingerprint density at radius 2 is 1.83 bits per heavy atom. The summed E-state index contributed by atoms with van der Waals surface area (Å²) in [4.78, 5) is 24.7. The molecule has 0 aliphatic carbocycles. The molecule has 0 unspecified atom stereocenters. The zero-order valence-electron chi connectivity index (χ0n) is 17.6. The summed E-state index contributed by atoms with van der Waals surface area (Å²) >= 11 is 0. The molecule has 1 N–H and O–H groups in total. The van der Waals surface area contributed by atoms with Gasteiger partial charge in [-0.15, -0.1) is 0 Å². The molecule has 1 amide bonds. The molecular weight excluding hydrogens is 376 g/mol. The molecule has 4 rings (SSSR count). The summed E-state index contributed by atoms with van der Waals surface area (Å²) in [5, 5.41) is 11.7. The lowest BCUT2D eigenvalue weighted by molar-refractivity contribution is 0.0860. The molecule has 0 atom stereocenters. The van der Waals surface area contributed by atoms with Gasteiger partial charge in [0.25, 0.3) is 0 Å². The van der Waals surface area contributed by atoms with Crippen LogP contribution in [0.3, 0.4) is 0 Å². The minimum Gasteiger partial charge on any atom is -0.465 e. The number of pyridine rings is 2. The maximum absolute atomic E-state index is 11.3. The van der Waals surface area contributed by atoms with Crippen LogP contribution in [0.4, 0.5) is 4.79 Å². The number of likely N-dealkylation sites (tertiary alicyclic amines) is 1. The van der Waals surface area contributed by atoms with Crippen LogP contribution in [0.15, 0.2) is 48.8 Å². The average molecular weight is 405 g/mol. The number of aromatic nitrogens is 2. The number of amides is 1. The molecule has 0 spiro atoms. The second kappa shape index (κ2) is 8.79. The van der Waals surface area contributed by atoms with Gasteiger partial charge in [-0.1, -0.05) is 30.3 Å². The third-order valence-corrected chi connectivity index (χ3v) is 6.04. The standard InChI is InChI=1S/C24H28N4O2/c1-17-13-18(2)22(26-14-17)15-28(20-8-11-27(12-9-20)24(29)30)16-23-21-6-4-3-5-19(21)7-10-25-23/h3-7,10,13-14,20H,8-9,11-12,15-16H2,1-2H3,(H,29,30). The Balaban J connectivity index is 1.62. The monoisotopic (exact) mass is 404 g/mol. The maximum atomic E-state index is 11.3. The summed E-state index contributed by atoms with van der Waals surface area (Å²) in [6.07, 6.45) is 4.61. The lowest BCUT2D eigenvalue weighted by Crippen LogP contribution is -2.46. The minimum absolute atomic E-state index is 0.295. The normalized spacial score (nSPS) is 15.1. The van der Waals surface area contributed by atoms with E-state index in [0.29, 0.717) is 25.7 Å². The molecule has 6 nitrogen and oxygen atoms in total. The van der Waals surface area contributed by atoms with E-state index < -0.39 is 6.09 Å². The van der Waals surface area contributed by atoms with Crippen LogP contribution in [-0.2, 0) is 13.1 Å². The Bertz CT molecular complexity index is 1040. The van der Waals surface area contributed by atoms with Crippen molar-refractivity contribution in [2.45, 2.75) is 45.8 Å². The van der Waals surface area contributed by atoms with Gasteiger partial charge in [0.2, 0.25) is 0 Å². The Morgan fingerprint density at radius 3 is 2.57 bits per heavy atom. The van der Waals surface area contributed by atoms with Crippen LogP contribution >= 0.6 is 0 Å². The van der Waals surface area contributed by atoms with E-state index in [0.717, 1.165) is 36.3 Å². The lowest BCUT2D eigenvalue weighted by atomic mass is 10.0. The average Bonchev–Trinajstić information content (AvgIpc) is 2.75. The lowest BCUT2D eigenvalue weighted by Gasteiger charge is -2.37. The summed E-state index contributed by atoms with van der Waals surface area (Å²) in [5.74, 6) is 0. The summed E-state index contributed by atoms with van der Waals surface area (Å²) < 4.78 is 0. The van der Waals surface area contributed by atoms with E-state index in [2.05, 4.69) is 43.0 Å². The van der Waals surface area contributed by atoms with Crippen molar-refractivity contribution in [3.05, 3.63) is 71.3 Å². The second-order valence-corrected chi connectivity index (χ2v) is 8.16. The minimum atomic E-state index is -0.827. The summed E-state index contributed by atoms with van der Waals surface area (Å²) in [6.45, 7) is 6.75. The van der Waals surface area contributed by atoms with Crippen molar-refractivity contribution in [2.24, 2.45) is 0 Å². The highest BCUT2D eigenvalue weighted by Gasteiger charge is 2.28. The summed E-state index contributed by atoms with van der Waals surface area (Å²) in [5.41, 5.74) is 4.47. The highest BCUT2D eigenvalue weighted by atomic mass is 16.4. The van der Waals surface area contributed by atoms with Crippen LogP contribution in [-0.4, -0.2) is 50.1 Å². The largest absolute Gasteiger partial charge is 0.465 e. The first kappa shape index (κ1) is 20.3. The smallest absolute Gasteiger partial charge is 0.407 e. The van der Waals surface area contributed by atoms with Crippen molar-refractivity contribution in [3.63, 3.8) is 0 Å². The summed E-state index contributed by atoms with van der Waals surface area (Å²) in [7, 11) is 0. The van der Waals surface area contributed by atoms with Gasteiger partial charge >= 0.3 is 6.09 Å². The molecule has 3 heterocycles. The van der Waals surface area contributed by atoms with Crippen molar-refractivity contribution in [1.29, 1.82) is 0 Å². The number of aryl methyl sites for hydroxylation is 2. The number of rotatable bonds is 5. The van der Waals surface area contributed by atoms with Gasteiger partial charge < -0.3 is 10.0 Å². The molecule has 3 aromatic rings. The second-order valence-electron chi connectivity index (χ2n) is 8.16. The van der Waals surface area contributed by atoms with E-state index in [4.69, 9.17) is 9.97 Å². The molecule has 1 aromatic carbocycles. The van der Waals surface area contributed by atoms with Gasteiger partial charge in [0, 0.05) is 50.0 Å². The number of carboxylic acid groups (broad SMARTS) is 1. The molecule has 30 heavy (non-hydrogen) atoms. The number of hydrogen-bond acceptors (Lipinski definition) is 4. The fourth-order valence-electron chi connectivity index (χ4n) is 4.34. The van der Waals surface area contributed by atoms with E-state index >= 15 is 0 Å². The van der Waals surface area contributed by atoms with Gasteiger partial charge in [0.1, 0.15) is 0 Å². The molecule has 0 saturated carbocycles. The molecular formula is C24H28N4O2. The van der Waals surface area contributed by atoms with Crippen LogP contribution < -0.4 is 0 Å². The predicted molar refractivity (Wildman–Crippen MR) is 117 cm³/mol. The molecule has 1 fully saturated rings. The highest BCUT2D eigenvalue weighted by molar-refractivity contribution is 5.84. The van der Waals surface area contributed by atoms with Crippen LogP contribution in [0.1, 0.15) is 35.4 Å². The SMILES string of the molecule is Cc1cnc(CN(Cc2nccc3ccccc23)C2CCN(C(=O)O)CC2)c(C)c1. The van der Waals surface area contributed by atoms with Gasteiger partial charge in [-0.2, -0.15) is 0 Å². The van der Waals surface area contributed by atoms with Gasteiger partial charge in [-0.3, -0.25) is 14.9 Å². The van der Waals surface area contributed by atoms with E-state index in [1.807, 2.05) is 24.5 Å². The van der Waals surface area contributed by atoms with E-state index in [-0.39, 0.29) is 0 Å². The topological polar surface area (TPSA) is 69.6 Å². The van der Waals surface area contributed by atoms with Crippen molar-refractivity contribution >= 4 is 16.9 Å². The van der Waals surface area contributed by atoms with Gasteiger partial charge in [0.15, 0.2) is 0 Å². The Labute approximate surface area is 177 Å². The molecule has 6 heteroatoms. The molecule has 0 bridgehead atoms. The molecule has 2 aromatic heterocycles. The third-order valence-electron chi connectivity index (χ3n) is 6.04. The van der Waals surface area contributed by atoms with Gasteiger partial charge in [-0.25, -0.2) is 4.79 Å². The van der Waals surface area contributed by atoms with E-state index in [1.165, 1.54) is 21.2 Å². The number of carbonyl (C=O) groups is 1. The first-order chi connectivity index (χ1) is 14.5. The fraction of sp³-hybridized carbons (Fsp3) is 0.375. The number of fused-ring (bicyclic) bond motifs is 1. The van der Waals surface area contributed by atoms with Crippen LogP contribution in [0, 0.1) is 13.8 Å². The third kappa shape index (κ3) is 4.44. The number of nitrogens with zero attached hydrogens (tertiary/aromatic N) is 4. The molecule has 0 radical (unpaired) electrons. The number of benzene rings is 1. The Morgan fingerprint density at radius 1 is 1.10 bits per heavy atom. The summed E-state index contributed by atoms with van der Waals surface area (Å²) in [6, 6.07) is 12.8. The van der Waals surface area contributed by atoms with Crippen molar-refractivity contribution in [2.75, 3.05) is 13.1 Å². The molecule has 156 valence electrons. The van der Waals surface area contributed by atoms with Crippen LogP contribution in [0.25, 0.3) is 10.8 Å². The Hall–Kier alpha value is -2.99. The van der Waals surface area contributed by atoms with Crippen LogP contribution in [0.5, 0.6) is 0 Å². The quantitative estimate of drug-likeness (QED) is 0.683. The van der Waals surface area contributed by atoms with E-state index in [1.54, 1.807) is 0 Å². The Kier molecular flexibility index (Phi) is 5.95. The highest BCUT2D eigenvalue weighted by Crippen LogP contribution is 2.24. The number of hydrogen-bond donors (Lipinski definition) is 1. The van der Waals surface area contributed by atoms with Crippen molar-refractivity contribution < 1.29 is 9.90 Å². The van der Waals surface area contributed by atoms with Crippen molar-refractivity contribution in [1.82, 2.24) is 19.8 Å². The molecule has 1 aliphatic heterocycles. The van der Waals surface area contributed by atoms with Crippen LogP contribution in [0.2, 0.25) is 0 Å². The van der Waals surface area contributed by atoms with E-state index in [9.17, 15) is 9.90 Å².